The fourth-order valence-corrected chi connectivity index (χ4v) is 1.65. The van der Waals surface area contributed by atoms with E-state index in [-0.39, 0.29) is 0 Å². The molecule has 7 heteroatoms. The first-order valence-electron chi connectivity index (χ1n) is 5.73. The zero-order valence-electron chi connectivity index (χ0n) is 11.4. The summed E-state index contributed by atoms with van der Waals surface area (Å²) in [7, 11) is 4.60. The third-order valence-corrected chi connectivity index (χ3v) is 2.52. The maximum atomic E-state index is 5.60. The average Bonchev–Trinajstić information content (AvgIpc) is 2.46. The number of nitrogens with zero attached hydrogens (tertiary/aromatic N) is 2. The number of hydrogen-bond acceptors (Lipinski definition) is 7. The summed E-state index contributed by atoms with van der Waals surface area (Å²) < 4.78 is 21.3. The van der Waals surface area contributed by atoms with Gasteiger partial charge < -0.3 is 24.7 Å². The van der Waals surface area contributed by atoms with Crippen molar-refractivity contribution in [2.45, 2.75) is 0 Å². The topological polar surface area (TPSA) is 88.7 Å². The molecule has 2 N–H and O–H groups in total. The summed E-state index contributed by atoms with van der Waals surface area (Å²) in [5.41, 5.74) is 5.57. The Morgan fingerprint density at radius 1 is 0.900 bits per heavy atom. The lowest BCUT2D eigenvalue weighted by atomic mass is 10.2. The van der Waals surface area contributed by atoms with Crippen LogP contribution in [0.15, 0.2) is 24.5 Å². The smallest absolute Gasteiger partial charge is 0.224 e. The van der Waals surface area contributed by atoms with Crippen LogP contribution in [0.4, 0.5) is 5.82 Å². The van der Waals surface area contributed by atoms with Crippen LogP contribution >= 0.6 is 0 Å². The summed E-state index contributed by atoms with van der Waals surface area (Å²) in [6.07, 6.45) is 1.32. The van der Waals surface area contributed by atoms with Gasteiger partial charge in [-0.3, -0.25) is 0 Å². The number of nitrogen functional groups attached to an aromatic ring is 1. The molecule has 20 heavy (non-hydrogen) atoms. The van der Waals surface area contributed by atoms with Crippen LogP contribution in [0.3, 0.4) is 0 Å². The Morgan fingerprint density at radius 2 is 1.55 bits per heavy atom. The molecule has 0 spiro atoms. The Balaban J connectivity index is 2.37. The highest BCUT2D eigenvalue weighted by atomic mass is 16.5. The molecule has 0 fully saturated rings. The van der Waals surface area contributed by atoms with Crippen LogP contribution in [0.25, 0.3) is 0 Å². The molecular weight excluding hydrogens is 262 g/mol. The third kappa shape index (κ3) is 2.82. The van der Waals surface area contributed by atoms with Gasteiger partial charge in [0.05, 0.1) is 21.3 Å². The molecule has 0 saturated heterocycles. The van der Waals surface area contributed by atoms with Crippen molar-refractivity contribution in [2.75, 3.05) is 27.1 Å². The second-order valence-corrected chi connectivity index (χ2v) is 3.74. The van der Waals surface area contributed by atoms with E-state index in [1.807, 2.05) is 0 Å². The lowest BCUT2D eigenvalue weighted by Gasteiger charge is -2.14. The Labute approximate surface area is 116 Å². The molecule has 1 aromatic heterocycles. The molecule has 106 valence electrons. The first-order valence-corrected chi connectivity index (χ1v) is 5.73. The van der Waals surface area contributed by atoms with E-state index in [4.69, 9.17) is 24.7 Å². The van der Waals surface area contributed by atoms with Crippen molar-refractivity contribution in [3.8, 4) is 28.9 Å². The minimum absolute atomic E-state index is 0.322. The highest BCUT2D eigenvalue weighted by Gasteiger charge is 2.14. The lowest BCUT2D eigenvalue weighted by Crippen LogP contribution is -1.97. The van der Waals surface area contributed by atoms with Crippen molar-refractivity contribution >= 4 is 5.82 Å². The summed E-state index contributed by atoms with van der Waals surface area (Å²) in [4.78, 5) is 7.76. The average molecular weight is 277 g/mol. The van der Waals surface area contributed by atoms with Crippen molar-refractivity contribution in [3.63, 3.8) is 0 Å². The SMILES string of the molecule is COc1cc(Oc2cc(N)ncn2)cc(OC)c1OC. The molecule has 0 atom stereocenters. The van der Waals surface area contributed by atoms with Gasteiger partial charge in [0.2, 0.25) is 11.6 Å². The van der Waals surface area contributed by atoms with Crippen molar-refractivity contribution in [1.29, 1.82) is 0 Å². The number of anilines is 1. The number of aromatic nitrogens is 2. The minimum Gasteiger partial charge on any atom is -0.493 e. The molecule has 1 heterocycles. The Kier molecular flexibility index (Phi) is 4.09. The number of benzene rings is 1. The monoisotopic (exact) mass is 277 g/mol. The predicted molar refractivity (Wildman–Crippen MR) is 72.6 cm³/mol. The van der Waals surface area contributed by atoms with E-state index in [0.717, 1.165) is 0 Å². The van der Waals surface area contributed by atoms with Gasteiger partial charge in [-0.15, -0.1) is 0 Å². The quantitative estimate of drug-likeness (QED) is 0.892. The summed E-state index contributed by atoms with van der Waals surface area (Å²) in [5, 5.41) is 0. The van der Waals surface area contributed by atoms with Crippen LogP contribution in [0.5, 0.6) is 28.9 Å². The van der Waals surface area contributed by atoms with Crippen LogP contribution in [0.2, 0.25) is 0 Å². The van der Waals surface area contributed by atoms with E-state index in [1.54, 1.807) is 12.1 Å². The van der Waals surface area contributed by atoms with Gasteiger partial charge in [0.25, 0.3) is 0 Å². The fourth-order valence-electron chi connectivity index (χ4n) is 1.65. The first kappa shape index (κ1) is 13.7. The van der Waals surface area contributed by atoms with E-state index in [2.05, 4.69) is 9.97 Å². The number of methoxy groups -OCH3 is 3. The highest BCUT2D eigenvalue weighted by molar-refractivity contribution is 5.56. The Morgan fingerprint density at radius 3 is 2.05 bits per heavy atom. The summed E-state index contributed by atoms with van der Waals surface area (Å²) in [6, 6.07) is 4.85. The van der Waals surface area contributed by atoms with Gasteiger partial charge in [0, 0.05) is 18.2 Å². The number of nitrogens with two attached hydrogens (primary N) is 1. The van der Waals surface area contributed by atoms with Crippen molar-refractivity contribution < 1.29 is 18.9 Å². The second-order valence-electron chi connectivity index (χ2n) is 3.74. The molecule has 0 aliphatic rings. The first-order chi connectivity index (χ1) is 9.67. The van der Waals surface area contributed by atoms with Crippen LogP contribution in [0.1, 0.15) is 0 Å². The molecule has 0 aliphatic heterocycles. The van der Waals surface area contributed by atoms with Crippen LogP contribution in [0, 0.1) is 0 Å². The van der Waals surface area contributed by atoms with E-state index in [1.165, 1.54) is 33.7 Å². The lowest BCUT2D eigenvalue weighted by molar-refractivity contribution is 0.320. The number of ether oxygens (including phenoxy) is 4. The normalized spacial score (nSPS) is 9.95. The molecule has 0 unspecified atom stereocenters. The van der Waals surface area contributed by atoms with Crippen LogP contribution in [-0.2, 0) is 0 Å². The van der Waals surface area contributed by atoms with Gasteiger partial charge in [-0.05, 0) is 0 Å². The molecule has 0 bridgehead atoms. The second kappa shape index (κ2) is 5.96. The summed E-state index contributed by atoms with van der Waals surface area (Å²) in [5.74, 6) is 2.60. The molecular formula is C13H15N3O4. The maximum Gasteiger partial charge on any atom is 0.224 e. The van der Waals surface area contributed by atoms with Crippen molar-refractivity contribution in [1.82, 2.24) is 9.97 Å². The molecule has 0 radical (unpaired) electrons. The van der Waals surface area contributed by atoms with E-state index < -0.39 is 0 Å². The molecule has 1 aromatic carbocycles. The van der Waals surface area contributed by atoms with Crippen LogP contribution in [-0.4, -0.2) is 31.3 Å². The summed E-state index contributed by atoms with van der Waals surface area (Å²) >= 11 is 0. The highest BCUT2D eigenvalue weighted by Crippen LogP contribution is 2.41. The zero-order chi connectivity index (χ0) is 14.5. The fraction of sp³-hybridized carbons (Fsp3) is 0.231. The molecule has 0 aliphatic carbocycles. The Bertz CT molecular complexity index is 579. The van der Waals surface area contributed by atoms with E-state index >= 15 is 0 Å². The standard InChI is InChI=1S/C13H15N3O4/c1-17-9-4-8(5-10(18-2)13(9)19-3)20-12-6-11(14)15-7-16-12/h4-7H,1-3H3,(H2,14,15,16). The van der Waals surface area contributed by atoms with Gasteiger partial charge in [-0.2, -0.15) is 0 Å². The van der Waals surface area contributed by atoms with E-state index in [0.29, 0.717) is 34.7 Å². The van der Waals surface area contributed by atoms with Gasteiger partial charge >= 0.3 is 0 Å². The van der Waals surface area contributed by atoms with Crippen LogP contribution < -0.4 is 24.7 Å². The molecule has 0 saturated carbocycles. The number of hydrogen-bond donors (Lipinski definition) is 1. The zero-order valence-corrected chi connectivity index (χ0v) is 11.4. The van der Waals surface area contributed by atoms with E-state index in [9.17, 15) is 0 Å². The maximum absolute atomic E-state index is 5.60. The Hall–Kier alpha value is -2.70. The number of rotatable bonds is 5. The molecule has 2 aromatic rings. The summed E-state index contributed by atoms with van der Waals surface area (Å²) in [6.45, 7) is 0. The van der Waals surface area contributed by atoms with Gasteiger partial charge in [-0.25, -0.2) is 9.97 Å². The largest absolute Gasteiger partial charge is 0.493 e. The minimum atomic E-state index is 0.322. The van der Waals surface area contributed by atoms with Gasteiger partial charge in [-0.1, -0.05) is 0 Å². The predicted octanol–water partition coefficient (Wildman–Crippen LogP) is 1.88. The van der Waals surface area contributed by atoms with Gasteiger partial charge in [0.1, 0.15) is 17.9 Å². The molecule has 7 nitrogen and oxygen atoms in total. The molecule has 0 amide bonds. The molecule has 2 rings (SSSR count). The van der Waals surface area contributed by atoms with Crippen molar-refractivity contribution in [2.24, 2.45) is 0 Å². The van der Waals surface area contributed by atoms with Gasteiger partial charge in [0.15, 0.2) is 11.5 Å². The third-order valence-electron chi connectivity index (χ3n) is 2.52. The van der Waals surface area contributed by atoms with Crippen molar-refractivity contribution in [3.05, 3.63) is 24.5 Å².